The van der Waals surface area contributed by atoms with E-state index < -0.39 is 15.9 Å². The monoisotopic (exact) mass is 278 g/mol. The number of aliphatic hydroxyl groups is 1. The van der Waals surface area contributed by atoms with Crippen molar-refractivity contribution >= 4 is 21.4 Å². The molecule has 0 aliphatic heterocycles. The molecule has 0 radical (unpaired) electrons. The van der Waals surface area contributed by atoms with Crippen molar-refractivity contribution in [1.82, 2.24) is 9.59 Å². The van der Waals surface area contributed by atoms with E-state index in [-0.39, 0.29) is 11.5 Å². The molecule has 0 bridgehead atoms. The molecule has 1 unspecified atom stereocenters. The molecule has 0 spiro atoms. The highest BCUT2D eigenvalue weighted by molar-refractivity contribution is 7.91. The van der Waals surface area contributed by atoms with Crippen LogP contribution in [-0.4, -0.2) is 34.6 Å². The van der Waals surface area contributed by atoms with Gasteiger partial charge in [0.2, 0.25) is 0 Å². The van der Waals surface area contributed by atoms with Crippen molar-refractivity contribution in [2.75, 3.05) is 11.5 Å². The molecule has 0 amide bonds. The van der Waals surface area contributed by atoms with Crippen molar-refractivity contribution in [1.29, 1.82) is 0 Å². The van der Waals surface area contributed by atoms with Gasteiger partial charge in [0.25, 0.3) is 0 Å². The predicted molar refractivity (Wildman–Crippen MR) is 67.8 cm³/mol. The van der Waals surface area contributed by atoms with Gasteiger partial charge >= 0.3 is 0 Å². The van der Waals surface area contributed by atoms with Gasteiger partial charge in [-0.3, -0.25) is 0 Å². The Kier molecular flexibility index (Phi) is 5.48. The van der Waals surface area contributed by atoms with Crippen LogP contribution in [0.5, 0.6) is 0 Å². The maximum Gasteiger partial charge on any atom is 0.150 e. The SMILES string of the molecule is CCc1nnsc1C(O)CCCS(=O)(=O)CC. The molecule has 7 heteroatoms. The summed E-state index contributed by atoms with van der Waals surface area (Å²) < 4.78 is 26.4. The summed E-state index contributed by atoms with van der Waals surface area (Å²) >= 11 is 1.19. The quantitative estimate of drug-likeness (QED) is 0.814. The summed E-state index contributed by atoms with van der Waals surface area (Å²) in [5, 5.41) is 13.8. The highest BCUT2D eigenvalue weighted by Gasteiger charge is 2.16. The smallest absolute Gasteiger partial charge is 0.150 e. The zero-order chi connectivity index (χ0) is 12.9. The van der Waals surface area contributed by atoms with Crippen molar-refractivity contribution in [3.8, 4) is 0 Å². The van der Waals surface area contributed by atoms with E-state index in [9.17, 15) is 13.5 Å². The number of hydrogen-bond acceptors (Lipinski definition) is 6. The van der Waals surface area contributed by atoms with Gasteiger partial charge in [-0.15, -0.1) is 5.10 Å². The number of nitrogens with zero attached hydrogens (tertiary/aromatic N) is 2. The predicted octanol–water partition coefficient (Wildman–Crippen LogP) is 1.35. The standard InChI is InChI=1S/C10H18N2O3S2/c1-3-8-10(16-12-11-8)9(13)6-5-7-17(14,15)4-2/h9,13H,3-7H2,1-2H3. The first-order valence-corrected chi connectivity index (χ1v) is 8.29. The molecule has 17 heavy (non-hydrogen) atoms. The summed E-state index contributed by atoms with van der Waals surface area (Å²) in [5.41, 5.74) is 0.806. The number of aryl methyl sites for hydroxylation is 1. The summed E-state index contributed by atoms with van der Waals surface area (Å²) in [4.78, 5) is 0.765. The van der Waals surface area contributed by atoms with Crippen molar-refractivity contribution in [3.63, 3.8) is 0 Å². The molecule has 0 saturated heterocycles. The fraction of sp³-hybridized carbons (Fsp3) is 0.800. The topological polar surface area (TPSA) is 80.2 Å². The molecule has 5 nitrogen and oxygen atoms in total. The normalized spacial score (nSPS) is 13.8. The Morgan fingerprint density at radius 3 is 2.71 bits per heavy atom. The second-order valence-electron chi connectivity index (χ2n) is 3.83. The summed E-state index contributed by atoms with van der Waals surface area (Å²) in [6, 6.07) is 0. The van der Waals surface area contributed by atoms with Crippen LogP contribution in [0.4, 0.5) is 0 Å². The highest BCUT2D eigenvalue weighted by atomic mass is 32.2. The van der Waals surface area contributed by atoms with Crippen molar-refractivity contribution in [2.24, 2.45) is 0 Å². The van der Waals surface area contributed by atoms with Gasteiger partial charge in [-0.25, -0.2) is 8.42 Å². The van der Waals surface area contributed by atoms with Gasteiger partial charge in [0.1, 0.15) is 9.84 Å². The third-order valence-corrected chi connectivity index (χ3v) is 5.25. The van der Waals surface area contributed by atoms with Gasteiger partial charge in [-0.2, -0.15) is 0 Å². The van der Waals surface area contributed by atoms with Crippen LogP contribution in [0.25, 0.3) is 0 Å². The number of aromatic nitrogens is 2. The van der Waals surface area contributed by atoms with Gasteiger partial charge in [-0.1, -0.05) is 18.3 Å². The molecule has 0 aromatic carbocycles. The second-order valence-corrected chi connectivity index (χ2v) is 7.09. The maximum absolute atomic E-state index is 11.3. The molecule has 1 N–H and O–H groups in total. The summed E-state index contributed by atoms with van der Waals surface area (Å²) in [5.74, 6) is 0.291. The first-order chi connectivity index (χ1) is 8.00. The van der Waals surface area contributed by atoms with E-state index >= 15 is 0 Å². The Morgan fingerprint density at radius 2 is 2.12 bits per heavy atom. The number of hydrogen-bond donors (Lipinski definition) is 1. The molecule has 1 aromatic heterocycles. The fourth-order valence-corrected chi connectivity index (χ4v) is 3.14. The van der Waals surface area contributed by atoms with Crippen LogP contribution in [0.15, 0.2) is 0 Å². The number of sulfone groups is 1. The van der Waals surface area contributed by atoms with Crippen molar-refractivity contribution in [2.45, 2.75) is 39.2 Å². The summed E-state index contributed by atoms with van der Waals surface area (Å²) in [6.07, 6.45) is 1.00. The molecule has 1 heterocycles. The zero-order valence-corrected chi connectivity index (χ0v) is 11.7. The van der Waals surface area contributed by atoms with Crippen molar-refractivity contribution in [3.05, 3.63) is 10.6 Å². The second kappa shape index (κ2) is 6.42. The van der Waals surface area contributed by atoms with Crippen LogP contribution >= 0.6 is 11.5 Å². The molecular formula is C10H18N2O3S2. The van der Waals surface area contributed by atoms with E-state index in [2.05, 4.69) is 9.59 Å². The average Bonchev–Trinajstić information content (AvgIpc) is 2.76. The van der Waals surface area contributed by atoms with Crippen molar-refractivity contribution < 1.29 is 13.5 Å². The molecule has 0 saturated carbocycles. The molecule has 0 aliphatic carbocycles. The van der Waals surface area contributed by atoms with Crippen LogP contribution in [-0.2, 0) is 16.3 Å². The Balaban J connectivity index is 2.48. The minimum Gasteiger partial charge on any atom is -0.387 e. The first kappa shape index (κ1) is 14.5. The zero-order valence-electron chi connectivity index (χ0n) is 10.1. The molecule has 0 aliphatic rings. The number of aliphatic hydroxyl groups excluding tert-OH is 1. The minimum atomic E-state index is -2.94. The van der Waals surface area contributed by atoms with Crippen LogP contribution in [0, 0.1) is 0 Å². The lowest BCUT2D eigenvalue weighted by Crippen LogP contribution is -2.10. The third-order valence-electron chi connectivity index (χ3n) is 2.60. The first-order valence-electron chi connectivity index (χ1n) is 5.69. The Hall–Kier alpha value is -0.530. The van der Waals surface area contributed by atoms with E-state index in [1.807, 2.05) is 6.92 Å². The maximum atomic E-state index is 11.3. The van der Waals surface area contributed by atoms with E-state index in [4.69, 9.17) is 0 Å². The molecule has 1 rings (SSSR count). The molecule has 0 fully saturated rings. The summed E-state index contributed by atoms with van der Waals surface area (Å²) in [7, 11) is -2.94. The van der Waals surface area contributed by atoms with Gasteiger partial charge in [-0.05, 0) is 30.8 Å². The molecule has 1 aromatic rings. The molecular weight excluding hydrogens is 260 g/mol. The minimum absolute atomic E-state index is 0.133. The lowest BCUT2D eigenvalue weighted by atomic mass is 10.1. The van der Waals surface area contributed by atoms with Gasteiger partial charge in [0.05, 0.1) is 22.4 Å². The van der Waals surface area contributed by atoms with E-state index in [1.165, 1.54) is 11.5 Å². The van der Waals surface area contributed by atoms with Crippen LogP contribution < -0.4 is 0 Å². The largest absolute Gasteiger partial charge is 0.387 e. The Bertz CT molecular complexity index is 442. The Labute approximate surface area is 106 Å². The fourth-order valence-electron chi connectivity index (χ4n) is 1.49. The highest BCUT2D eigenvalue weighted by Crippen LogP contribution is 2.24. The molecule has 98 valence electrons. The van der Waals surface area contributed by atoms with Crippen LogP contribution in [0.2, 0.25) is 0 Å². The van der Waals surface area contributed by atoms with E-state index in [1.54, 1.807) is 6.92 Å². The van der Waals surface area contributed by atoms with Gasteiger partial charge < -0.3 is 5.11 Å². The van der Waals surface area contributed by atoms with Crippen LogP contribution in [0.3, 0.4) is 0 Å². The lowest BCUT2D eigenvalue weighted by Gasteiger charge is -2.08. The molecule has 1 atom stereocenters. The van der Waals surface area contributed by atoms with E-state index in [0.717, 1.165) is 17.0 Å². The number of rotatable bonds is 7. The average molecular weight is 278 g/mol. The van der Waals surface area contributed by atoms with Crippen LogP contribution in [0.1, 0.15) is 43.4 Å². The lowest BCUT2D eigenvalue weighted by molar-refractivity contribution is 0.169. The Morgan fingerprint density at radius 1 is 1.41 bits per heavy atom. The third kappa shape index (κ3) is 4.33. The summed E-state index contributed by atoms with van der Waals surface area (Å²) in [6.45, 7) is 3.59. The van der Waals surface area contributed by atoms with E-state index in [0.29, 0.717) is 12.8 Å². The van der Waals surface area contributed by atoms with Gasteiger partial charge in [0, 0.05) is 5.75 Å². The van der Waals surface area contributed by atoms with Gasteiger partial charge in [0.15, 0.2) is 0 Å².